The van der Waals surface area contributed by atoms with E-state index < -0.39 is 0 Å². The van der Waals surface area contributed by atoms with Gasteiger partial charge in [0.1, 0.15) is 0 Å². The number of rotatable bonds is 2. The van der Waals surface area contributed by atoms with Crippen LogP contribution < -0.4 is 0 Å². The summed E-state index contributed by atoms with van der Waals surface area (Å²) in [5, 5.41) is 0. The number of nitrogens with zero attached hydrogens (tertiary/aromatic N) is 2. The third-order valence-corrected chi connectivity index (χ3v) is 3.17. The van der Waals surface area contributed by atoms with Crippen LogP contribution in [0.4, 0.5) is 0 Å². The van der Waals surface area contributed by atoms with Gasteiger partial charge in [0.25, 0.3) is 0 Å². The van der Waals surface area contributed by atoms with Crippen LogP contribution in [0.1, 0.15) is 25.5 Å². The topological polar surface area (TPSA) is 17.8 Å². The van der Waals surface area contributed by atoms with Gasteiger partial charge >= 0.3 is 0 Å². The van der Waals surface area contributed by atoms with Crippen molar-refractivity contribution >= 4 is 15.9 Å². The van der Waals surface area contributed by atoms with Gasteiger partial charge in [-0.3, -0.25) is 0 Å². The molecule has 2 rings (SSSR count). The minimum absolute atomic E-state index is 0.396. The predicted octanol–water partition coefficient (Wildman–Crippen LogP) is 4.20. The van der Waals surface area contributed by atoms with E-state index in [2.05, 4.69) is 70.5 Å². The lowest BCUT2D eigenvalue weighted by molar-refractivity contribution is 0.592. The SMILES string of the molecule is Cc1cccc(-c2cnc(Br)n2C(C)C)c1. The molecule has 16 heavy (non-hydrogen) atoms. The van der Waals surface area contributed by atoms with Gasteiger partial charge in [-0.15, -0.1) is 0 Å². The van der Waals surface area contributed by atoms with E-state index in [0.717, 1.165) is 10.4 Å². The molecule has 0 saturated heterocycles. The summed E-state index contributed by atoms with van der Waals surface area (Å²) in [6.07, 6.45) is 1.92. The molecule has 0 aliphatic carbocycles. The quantitative estimate of drug-likeness (QED) is 0.805. The summed E-state index contributed by atoms with van der Waals surface area (Å²) in [6, 6.07) is 8.88. The molecule has 0 amide bonds. The first kappa shape index (κ1) is 11.4. The summed E-state index contributed by atoms with van der Waals surface area (Å²) in [5.74, 6) is 0. The van der Waals surface area contributed by atoms with Crippen molar-refractivity contribution in [2.75, 3.05) is 0 Å². The lowest BCUT2D eigenvalue weighted by atomic mass is 10.1. The zero-order valence-corrected chi connectivity index (χ0v) is 11.3. The molecule has 0 radical (unpaired) electrons. The highest BCUT2D eigenvalue weighted by Crippen LogP contribution is 2.27. The van der Waals surface area contributed by atoms with Crippen molar-refractivity contribution in [2.45, 2.75) is 26.8 Å². The molecule has 0 unspecified atom stereocenters. The van der Waals surface area contributed by atoms with Crippen LogP contribution in [0, 0.1) is 6.92 Å². The number of hydrogen-bond donors (Lipinski definition) is 0. The fourth-order valence-electron chi connectivity index (χ4n) is 1.85. The van der Waals surface area contributed by atoms with Gasteiger partial charge in [-0.2, -0.15) is 0 Å². The van der Waals surface area contributed by atoms with Crippen molar-refractivity contribution in [3.05, 3.63) is 40.8 Å². The molecule has 2 nitrogen and oxygen atoms in total. The van der Waals surface area contributed by atoms with Gasteiger partial charge in [0.2, 0.25) is 0 Å². The van der Waals surface area contributed by atoms with E-state index in [0.29, 0.717) is 6.04 Å². The summed E-state index contributed by atoms with van der Waals surface area (Å²) < 4.78 is 3.08. The minimum Gasteiger partial charge on any atom is -0.316 e. The second kappa shape index (κ2) is 4.42. The second-order valence-corrected chi connectivity index (χ2v) is 4.95. The highest BCUT2D eigenvalue weighted by atomic mass is 79.9. The largest absolute Gasteiger partial charge is 0.316 e. The lowest BCUT2D eigenvalue weighted by Crippen LogP contribution is -2.03. The summed E-state index contributed by atoms with van der Waals surface area (Å²) in [5.41, 5.74) is 3.64. The fraction of sp³-hybridized carbons (Fsp3) is 0.308. The first-order valence-electron chi connectivity index (χ1n) is 5.39. The molecule has 0 aliphatic heterocycles. The molecule has 0 spiro atoms. The molecule has 0 aliphatic rings. The molecule has 0 atom stereocenters. The number of aromatic nitrogens is 2. The molecule has 0 fully saturated rings. The van der Waals surface area contributed by atoms with Crippen molar-refractivity contribution < 1.29 is 0 Å². The van der Waals surface area contributed by atoms with E-state index >= 15 is 0 Å². The van der Waals surface area contributed by atoms with Crippen molar-refractivity contribution in [3.63, 3.8) is 0 Å². The second-order valence-electron chi connectivity index (χ2n) is 4.25. The van der Waals surface area contributed by atoms with Crippen LogP contribution in [-0.2, 0) is 0 Å². The number of hydrogen-bond acceptors (Lipinski definition) is 1. The lowest BCUT2D eigenvalue weighted by Gasteiger charge is -2.13. The number of halogens is 1. The number of aryl methyl sites for hydroxylation is 1. The molecular formula is C13H15BrN2. The molecule has 0 bridgehead atoms. The van der Waals surface area contributed by atoms with Crippen LogP contribution in [0.5, 0.6) is 0 Å². The van der Waals surface area contributed by atoms with E-state index in [9.17, 15) is 0 Å². The average molecular weight is 279 g/mol. The van der Waals surface area contributed by atoms with Crippen molar-refractivity contribution in [2.24, 2.45) is 0 Å². The van der Waals surface area contributed by atoms with Gasteiger partial charge in [0, 0.05) is 11.6 Å². The van der Waals surface area contributed by atoms with E-state index in [4.69, 9.17) is 0 Å². The Hall–Kier alpha value is -1.09. The Morgan fingerprint density at radius 2 is 2.06 bits per heavy atom. The molecule has 84 valence electrons. The van der Waals surface area contributed by atoms with Crippen molar-refractivity contribution in [3.8, 4) is 11.3 Å². The smallest absolute Gasteiger partial charge is 0.177 e. The number of benzene rings is 1. The van der Waals surface area contributed by atoms with Crippen LogP contribution in [0.2, 0.25) is 0 Å². The maximum Gasteiger partial charge on any atom is 0.177 e. The Morgan fingerprint density at radius 3 is 2.69 bits per heavy atom. The zero-order valence-electron chi connectivity index (χ0n) is 9.74. The maximum atomic E-state index is 4.32. The highest BCUT2D eigenvalue weighted by molar-refractivity contribution is 9.10. The molecule has 3 heteroatoms. The summed E-state index contributed by atoms with van der Waals surface area (Å²) >= 11 is 3.49. The molecule has 1 aromatic heterocycles. The third-order valence-electron chi connectivity index (χ3n) is 2.58. The molecule has 1 aromatic carbocycles. The minimum atomic E-state index is 0.396. The number of imidazole rings is 1. The maximum absolute atomic E-state index is 4.32. The van der Waals surface area contributed by atoms with Gasteiger partial charge in [0.05, 0.1) is 11.9 Å². The molecule has 1 heterocycles. The first-order valence-corrected chi connectivity index (χ1v) is 6.18. The van der Waals surface area contributed by atoms with Crippen molar-refractivity contribution in [1.29, 1.82) is 0 Å². The third kappa shape index (κ3) is 2.05. The van der Waals surface area contributed by atoms with Gasteiger partial charge in [-0.25, -0.2) is 4.98 Å². The highest BCUT2D eigenvalue weighted by Gasteiger charge is 2.12. The van der Waals surface area contributed by atoms with Gasteiger partial charge < -0.3 is 4.57 Å². The van der Waals surface area contributed by atoms with Crippen LogP contribution in [0.3, 0.4) is 0 Å². The summed E-state index contributed by atoms with van der Waals surface area (Å²) in [7, 11) is 0. The monoisotopic (exact) mass is 278 g/mol. The molecule has 0 N–H and O–H groups in total. The van der Waals surface area contributed by atoms with E-state index in [-0.39, 0.29) is 0 Å². The normalized spacial score (nSPS) is 11.1. The van der Waals surface area contributed by atoms with Gasteiger partial charge in [0.15, 0.2) is 4.73 Å². The van der Waals surface area contributed by atoms with Gasteiger partial charge in [-0.1, -0.05) is 23.8 Å². The summed E-state index contributed by atoms with van der Waals surface area (Å²) in [4.78, 5) is 4.32. The van der Waals surface area contributed by atoms with Crippen LogP contribution >= 0.6 is 15.9 Å². The Kier molecular flexibility index (Phi) is 3.15. The summed E-state index contributed by atoms with van der Waals surface area (Å²) in [6.45, 7) is 6.42. The van der Waals surface area contributed by atoms with Crippen LogP contribution in [-0.4, -0.2) is 9.55 Å². The van der Waals surface area contributed by atoms with E-state index in [1.54, 1.807) is 0 Å². The van der Waals surface area contributed by atoms with Crippen LogP contribution in [0.15, 0.2) is 35.2 Å². The standard InChI is InChI=1S/C13H15BrN2/c1-9(2)16-12(8-15-13(16)14)11-6-4-5-10(3)7-11/h4-9H,1-3H3. The first-order chi connectivity index (χ1) is 7.59. The fourth-order valence-corrected chi connectivity index (χ4v) is 2.55. The predicted molar refractivity (Wildman–Crippen MR) is 70.5 cm³/mol. The van der Waals surface area contributed by atoms with E-state index in [1.807, 2.05) is 6.20 Å². The van der Waals surface area contributed by atoms with Crippen LogP contribution in [0.25, 0.3) is 11.3 Å². The average Bonchev–Trinajstić information content (AvgIpc) is 2.60. The molecular weight excluding hydrogens is 264 g/mol. The van der Waals surface area contributed by atoms with Crippen molar-refractivity contribution in [1.82, 2.24) is 9.55 Å². The Balaban J connectivity index is 2.56. The van der Waals surface area contributed by atoms with Gasteiger partial charge in [-0.05, 0) is 42.8 Å². The van der Waals surface area contributed by atoms with E-state index in [1.165, 1.54) is 11.1 Å². The Morgan fingerprint density at radius 1 is 1.31 bits per heavy atom. The Labute approximate surface area is 104 Å². The Bertz CT molecular complexity index is 500. The molecule has 0 saturated carbocycles. The molecule has 2 aromatic rings. The zero-order chi connectivity index (χ0) is 11.7.